The van der Waals surface area contributed by atoms with Crippen molar-refractivity contribution in [3.05, 3.63) is 31.9 Å². The molecule has 0 amide bonds. The van der Waals surface area contributed by atoms with Crippen molar-refractivity contribution in [1.29, 1.82) is 0 Å². The predicted octanol–water partition coefficient (Wildman–Crippen LogP) is 2.68. The maximum atomic E-state index is 5.83. The molecule has 0 aliphatic carbocycles. The van der Waals surface area contributed by atoms with Crippen molar-refractivity contribution in [1.82, 2.24) is 19.7 Å². The highest BCUT2D eigenvalue weighted by Gasteiger charge is 2.09. The summed E-state index contributed by atoms with van der Waals surface area (Å²) in [5.41, 5.74) is 0. The Kier molecular flexibility index (Phi) is 3.03. The largest absolute Gasteiger partial charge is 0.223 e. The first-order valence-electron chi connectivity index (χ1n) is 3.55. The molecular formula is C7H3BrClIN4. The van der Waals surface area contributed by atoms with Gasteiger partial charge in [-0.05, 0) is 38.5 Å². The van der Waals surface area contributed by atoms with E-state index in [0.717, 1.165) is 3.57 Å². The molecular weight excluding hydrogens is 382 g/mol. The van der Waals surface area contributed by atoms with Crippen LogP contribution in [0, 0.1) is 3.57 Å². The standard InChI is InChI=1S/C7H3BrClIN4/c8-5-6(9)11-3-12-7(5)14-2-4(10)1-13-14/h1-3H. The average molecular weight is 385 g/mol. The SMILES string of the molecule is Clc1ncnc(-n2cc(I)cn2)c1Br. The average Bonchev–Trinajstić information content (AvgIpc) is 2.57. The molecule has 2 aromatic heterocycles. The molecule has 4 nitrogen and oxygen atoms in total. The molecule has 0 aliphatic rings. The van der Waals surface area contributed by atoms with Gasteiger partial charge in [-0.3, -0.25) is 0 Å². The number of halogens is 3. The molecule has 2 heterocycles. The van der Waals surface area contributed by atoms with Crippen LogP contribution in [0.1, 0.15) is 0 Å². The lowest BCUT2D eigenvalue weighted by molar-refractivity contribution is 0.833. The molecule has 2 aromatic rings. The van der Waals surface area contributed by atoms with Gasteiger partial charge in [-0.1, -0.05) is 11.6 Å². The van der Waals surface area contributed by atoms with E-state index < -0.39 is 0 Å². The van der Waals surface area contributed by atoms with Crippen molar-refractivity contribution in [2.75, 3.05) is 0 Å². The number of hydrogen-bond donors (Lipinski definition) is 0. The highest BCUT2D eigenvalue weighted by atomic mass is 127. The van der Waals surface area contributed by atoms with Crippen LogP contribution in [0.5, 0.6) is 0 Å². The van der Waals surface area contributed by atoms with Gasteiger partial charge in [0.1, 0.15) is 11.5 Å². The third kappa shape index (κ3) is 1.91. The van der Waals surface area contributed by atoms with Crippen molar-refractivity contribution in [3.8, 4) is 5.82 Å². The summed E-state index contributed by atoms with van der Waals surface area (Å²) in [6.45, 7) is 0. The van der Waals surface area contributed by atoms with E-state index in [1.165, 1.54) is 6.33 Å². The van der Waals surface area contributed by atoms with Crippen molar-refractivity contribution >= 4 is 50.1 Å². The highest BCUT2D eigenvalue weighted by Crippen LogP contribution is 2.24. The van der Waals surface area contributed by atoms with E-state index in [4.69, 9.17) is 11.6 Å². The maximum absolute atomic E-state index is 5.83. The van der Waals surface area contributed by atoms with Crippen LogP contribution < -0.4 is 0 Å². The molecule has 0 spiro atoms. The third-order valence-corrected chi connectivity index (χ3v) is 3.30. The minimum absolute atomic E-state index is 0.375. The number of nitrogens with zero attached hydrogens (tertiary/aromatic N) is 4. The molecule has 0 saturated carbocycles. The van der Waals surface area contributed by atoms with E-state index >= 15 is 0 Å². The van der Waals surface area contributed by atoms with Gasteiger partial charge in [0.15, 0.2) is 5.82 Å². The maximum Gasteiger partial charge on any atom is 0.172 e. The van der Waals surface area contributed by atoms with Gasteiger partial charge in [0.05, 0.1) is 14.2 Å². The summed E-state index contributed by atoms with van der Waals surface area (Å²) in [6.07, 6.45) is 4.99. The Morgan fingerprint density at radius 1 is 1.43 bits per heavy atom. The predicted molar refractivity (Wildman–Crippen MR) is 64.6 cm³/mol. The van der Waals surface area contributed by atoms with Gasteiger partial charge in [0.25, 0.3) is 0 Å². The van der Waals surface area contributed by atoms with Crippen LogP contribution >= 0.6 is 50.1 Å². The second-order valence-electron chi connectivity index (χ2n) is 2.41. The van der Waals surface area contributed by atoms with Gasteiger partial charge >= 0.3 is 0 Å². The van der Waals surface area contributed by atoms with Gasteiger partial charge in [-0.2, -0.15) is 5.10 Å². The van der Waals surface area contributed by atoms with Crippen LogP contribution in [0.4, 0.5) is 0 Å². The van der Waals surface area contributed by atoms with Crippen LogP contribution in [0.3, 0.4) is 0 Å². The fourth-order valence-corrected chi connectivity index (χ4v) is 1.82. The lowest BCUT2D eigenvalue weighted by Crippen LogP contribution is -2.00. The summed E-state index contributed by atoms with van der Waals surface area (Å²) in [7, 11) is 0. The Morgan fingerprint density at radius 3 is 2.86 bits per heavy atom. The monoisotopic (exact) mass is 384 g/mol. The lowest BCUT2D eigenvalue weighted by Gasteiger charge is -2.02. The fourth-order valence-electron chi connectivity index (χ4n) is 0.916. The normalized spacial score (nSPS) is 10.5. The van der Waals surface area contributed by atoms with E-state index in [9.17, 15) is 0 Å². The fraction of sp³-hybridized carbons (Fsp3) is 0. The van der Waals surface area contributed by atoms with Crippen molar-refractivity contribution in [2.24, 2.45) is 0 Å². The topological polar surface area (TPSA) is 43.6 Å². The molecule has 0 aliphatic heterocycles. The van der Waals surface area contributed by atoms with Gasteiger partial charge < -0.3 is 0 Å². The summed E-state index contributed by atoms with van der Waals surface area (Å²) in [5, 5.41) is 4.49. The van der Waals surface area contributed by atoms with E-state index in [1.54, 1.807) is 10.9 Å². The Bertz CT molecular complexity index is 472. The van der Waals surface area contributed by atoms with Crippen molar-refractivity contribution in [3.63, 3.8) is 0 Å². The zero-order valence-electron chi connectivity index (χ0n) is 6.65. The van der Waals surface area contributed by atoms with Gasteiger partial charge in [-0.25, -0.2) is 14.6 Å². The van der Waals surface area contributed by atoms with Crippen molar-refractivity contribution in [2.45, 2.75) is 0 Å². The first-order valence-corrected chi connectivity index (χ1v) is 5.80. The first kappa shape index (κ1) is 10.3. The molecule has 0 fully saturated rings. The summed E-state index contributed by atoms with van der Waals surface area (Å²) >= 11 is 11.3. The lowest BCUT2D eigenvalue weighted by atomic mass is 10.6. The van der Waals surface area contributed by atoms with Crippen molar-refractivity contribution < 1.29 is 0 Å². The molecule has 7 heteroatoms. The number of rotatable bonds is 1. The van der Waals surface area contributed by atoms with Crippen LogP contribution in [0.25, 0.3) is 5.82 Å². The molecule has 0 atom stereocenters. The van der Waals surface area contributed by atoms with Crippen LogP contribution in [0.2, 0.25) is 5.15 Å². The minimum Gasteiger partial charge on any atom is -0.223 e. The molecule has 0 saturated heterocycles. The van der Waals surface area contributed by atoms with Crippen LogP contribution in [0.15, 0.2) is 23.2 Å². The third-order valence-electron chi connectivity index (χ3n) is 1.50. The second-order valence-corrected chi connectivity index (χ2v) is 4.80. The summed E-state index contributed by atoms with van der Waals surface area (Å²) in [4.78, 5) is 7.91. The van der Waals surface area contributed by atoms with E-state index in [1.807, 2.05) is 6.20 Å². The van der Waals surface area contributed by atoms with E-state index in [-0.39, 0.29) is 0 Å². The summed E-state index contributed by atoms with van der Waals surface area (Å²) in [6, 6.07) is 0. The summed E-state index contributed by atoms with van der Waals surface area (Å²) in [5.74, 6) is 0.632. The molecule has 0 radical (unpaired) electrons. The minimum atomic E-state index is 0.375. The highest BCUT2D eigenvalue weighted by molar-refractivity contribution is 14.1. The van der Waals surface area contributed by atoms with Gasteiger partial charge in [-0.15, -0.1) is 0 Å². The zero-order valence-corrected chi connectivity index (χ0v) is 11.2. The Balaban J connectivity index is 2.57. The molecule has 0 bridgehead atoms. The van der Waals surface area contributed by atoms with Crippen LogP contribution in [-0.2, 0) is 0 Å². The van der Waals surface area contributed by atoms with Gasteiger partial charge in [0.2, 0.25) is 0 Å². The van der Waals surface area contributed by atoms with Crippen LogP contribution in [-0.4, -0.2) is 19.7 Å². The second kappa shape index (κ2) is 4.11. The quantitative estimate of drug-likeness (QED) is 0.560. The van der Waals surface area contributed by atoms with E-state index in [2.05, 4.69) is 53.6 Å². The molecule has 0 unspecified atom stereocenters. The summed E-state index contributed by atoms with van der Waals surface area (Å²) < 4.78 is 3.31. The molecule has 0 N–H and O–H groups in total. The number of aromatic nitrogens is 4. The van der Waals surface area contributed by atoms with E-state index in [0.29, 0.717) is 15.4 Å². The molecule has 0 aromatic carbocycles. The molecule has 72 valence electrons. The molecule has 14 heavy (non-hydrogen) atoms. The number of hydrogen-bond acceptors (Lipinski definition) is 3. The Labute approximate surface area is 107 Å². The Morgan fingerprint density at radius 2 is 2.21 bits per heavy atom. The first-order chi connectivity index (χ1) is 6.68. The van der Waals surface area contributed by atoms with Gasteiger partial charge in [0, 0.05) is 6.20 Å². The molecule has 2 rings (SSSR count). The zero-order chi connectivity index (χ0) is 10.1. The smallest absolute Gasteiger partial charge is 0.172 e. The Hall–Kier alpha value is -0.210.